The molecule has 2 rings (SSSR count). The van der Waals surface area contributed by atoms with Crippen LogP contribution in [0, 0.1) is 20.8 Å². The number of thiophene rings is 1. The van der Waals surface area contributed by atoms with Crippen molar-refractivity contribution in [3.8, 4) is 0 Å². The second kappa shape index (κ2) is 6.43. The molecule has 2 aromatic rings. The van der Waals surface area contributed by atoms with Crippen LogP contribution in [-0.4, -0.2) is 5.91 Å². The minimum Gasteiger partial charge on any atom is -0.289 e. The van der Waals surface area contributed by atoms with Gasteiger partial charge < -0.3 is 0 Å². The number of nitrogen functional groups attached to an aromatic ring is 1. The van der Waals surface area contributed by atoms with E-state index in [1.165, 1.54) is 37.8 Å². The summed E-state index contributed by atoms with van der Waals surface area (Å²) in [6.07, 6.45) is 0. The first-order valence-electron chi connectivity index (χ1n) is 6.31. The molecule has 0 atom stereocenters. The maximum absolute atomic E-state index is 11.5. The van der Waals surface area contributed by atoms with Gasteiger partial charge in [-0.25, -0.2) is 5.84 Å². The standard InChI is InChI=1S/C15H18N2OS2/c1-9-4-5-10(2)13(6-9)19-8-12-7-14(15(18)17-16)20-11(12)3/h4-7H,8,16H2,1-3H3,(H,17,18). The lowest BCUT2D eigenvalue weighted by molar-refractivity contribution is 0.0957. The molecule has 0 radical (unpaired) electrons. The van der Waals surface area contributed by atoms with Crippen LogP contribution in [0.4, 0.5) is 0 Å². The van der Waals surface area contributed by atoms with E-state index >= 15 is 0 Å². The van der Waals surface area contributed by atoms with Crippen LogP contribution >= 0.6 is 23.1 Å². The van der Waals surface area contributed by atoms with Crippen molar-refractivity contribution in [3.63, 3.8) is 0 Å². The molecule has 0 bridgehead atoms. The lowest BCUT2D eigenvalue weighted by atomic mass is 10.2. The van der Waals surface area contributed by atoms with E-state index in [0.717, 1.165) is 5.75 Å². The van der Waals surface area contributed by atoms with Crippen LogP contribution in [0.5, 0.6) is 0 Å². The summed E-state index contributed by atoms with van der Waals surface area (Å²) in [7, 11) is 0. The first kappa shape index (κ1) is 15.1. The van der Waals surface area contributed by atoms with Gasteiger partial charge in [0.15, 0.2) is 0 Å². The zero-order valence-electron chi connectivity index (χ0n) is 11.8. The molecule has 3 N–H and O–H groups in total. The molecule has 0 saturated heterocycles. The minimum atomic E-state index is -0.221. The van der Waals surface area contributed by atoms with Crippen LogP contribution in [0.2, 0.25) is 0 Å². The van der Waals surface area contributed by atoms with Crippen molar-refractivity contribution in [2.75, 3.05) is 0 Å². The molecule has 1 aromatic carbocycles. The monoisotopic (exact) mass is 306 g/mol. The van der Waals surface area contributed by atoms with Gasteiger partial charge in [0, 0.05) is 15.5 Å². The number of hydrogen-bond acceptors (Lipinski definition) is 4. The van der Waals surface area contributed by atoms with E-state index in [0.29, 0.717) is 4.88 Å². The molecule has 0 spiro atoms. The zero-order chi connectivity index (χ0) is 14.7. The Morgan fingerprint density at radius 1 is 1.30 bits per heavy atom. The molecule has 1 amide bonds. The van der Waals surface area contributed by atoms with Crippen molar-refractivity contribution in [1.82, 2.24) is 5.43 Å². The molecule has 0 aliphatic rings. The lowest BCUT2D eigenvalue weighted by Crippen LogP contribution is -2.29. The maximum Gasteiger partial charge on any atom is 0.275 e. The lowest BCUT2D eigenvalue weighted by Gasteiger charge is -2.06. The summed E-state index contributed by atoms with van der Waals surface area (Å²) >= 11 is 3.29. The number of nitrogens with one attached hydrogen (secondary N) is 1. The summed E-state index contributed by atoms with van der Waals surface area (Å²) in [5.74, 6) is 5.81. The van der Waals surface area contributed by atoms with Crippen LogP contribution in [0.25, 0.3) is 0 Å². The van der Waals surface area contributed by atoms with Crippen LogP contribution in [0.1, 0.15) is 31.2 Å². The molecule has 0 fully saturated rings. The number of nitrogens with two attached hydrogens (primary N) is 1. The van der Waals surface area contributed by atoms with Crippen molar-refractivity contribution < 1.29 is 4.79 Å². The average molecular weight is 306 g/mol. The van der Waals surface area contributed by atoms with Crippen molar-refractivity contribution in [1.29, 1.82) is 0 Å². The predicted molar refractivity (Wildman–Crippen MR) is 86.2 cm³/mol. The number of benzene rings is 1. The normalized spacial score (nSPS) is 10.6. The van der Waals surface area contributed by atoms with Gasteiger partial charge in [-0.05, 0) is 44.0 Å². The first-order valence-corrected chi connectivity index (χ1v) is 8.11. The van der Waals surface area contributed by atoms with E-state index in [9.17, 15) is 4.79 Å². The highest BCUT2D eigenvalue weighted by atomic mass is 32.2. The topological polar surface area (TPSA) is 55.1 Å². The Balaban J connectivity index is 2.13. The van der Waals surface area contributed by atoms with Gasteiger partial charge in [-0.3, -0.25) is 10.2 Å². The van der Waals surface area contributed by atoms with Gasteiger partial charge in [-0.1, -0.05) is 17.7 Å². The third-order valence-corrected chi connectivity index (χ3v) is 5.40. The number of aryl methyl sites for hydroxylation is 3. The van der Waals surface area contributed by atoms with Gasteiger partial charge in [0.2, 0.25) is 0 Å². The predicted octanol–water partition coefficient (Wildman–Crippen LogP) is 3.57. The largest absolute Gasteiger partial charge is 0.289 e. The molecule has 3 nitrogen and oxygen atoms in total. The zero-order valence-corrected chi connectivity index (χ0v) is 13.5. The molecule has 20 heavy (non-hydrogen) atoms. The van der Waals surface area contributed by atoms with Crippen LogP contribution < -0.4 is 11.3 Å². The number of thioether (sulfide) groups is 1. The Morgan fingerprint density at radius 3 is 2.75 bits per heavy atom. The van der Waals surface area contributed by atoms with Crippen molar-refractivity contribution in [3.05, 3.63) is 50.7 Å². The fraction of sp³-hybridized carbons (Fsp3) is 0.267. The molecule has 0 unspecified atom stereocenters. The molecule has 106 valence electrons. The van der Waals surface area contributed by atoms with E-state index in [2.05, 4.69) is 37.5 Å². The highest BCUT2D eigenvalue weighted by Gasteiger charge is 2.12. The van der Waals surface area contributed by atoms with Crippen LogP contribution in [0.15, 0.2) is 29.2 Å². The van der Waals surface area contributed by atoms with Gasteiger partial charge in [0.25, 0.3) is 5.91 Å². The van der Waals surface area contributed by atoms with E-state index in [1.54, 1.807) is 11.8 Å². The maximum atomic E-state index is 11.5. The molecular formula is C15H18N2OS2. The Hall–Kier alpha value is -1.30. The number of hydrazine groups is 1. The third kappa shape index (κ3) is 3.42. The molecule has 0 saturated carbocycles. The quantitative estimate of drug-likeness (QED) is 0.393. The Morgan fingerprint density at radius 2 is 2.05 bits per heavy atom. The van der Waals surface area contributed by atoms with E-state index in [4.69, 9.17) is 5.84 Å². The fourth-order valence-corrected chi connectivity index (χ4v) is 4.08. The number of hydrogen-bond donors (Lipinski definition) is 2. The molecule has 1 heterocycles. The summed E-state index contributed by atoms with van der Waals surface area (Å²) in [4.78, 5) is 14.6. The number of rotatable bonds is 4. The highest BCUT2D eigenvalue weighted by Crippen LogP contribution is 2.31. The summed E-state index contributed by atoms with van der Waals surface area (Å²) in [5, 5.41) is 0. The van der Waals surface area contributed by atoms with Crippen molar-refractivity contribution in [2.24, 2.45) is 5.84 Å². The summed E-state index contributed by atoms with van der Waals surface area (Å²) in [6, 6.07) is 8.40. The van der Waals surface area contributed by atoms with Crippen molar-refractivity contribution in [2.45, 2.75) is 31.4 Å². The molecule has 0 aliphatic carbocycles. The number of amides is 1. The highest BCUT2D eigenvalue weighted by molar-refractivity contribution is 7.98. The number of carbonyl (C=O) groups excluding carboxylic acids is 1. The van der Waals surface area contributed by atoms with Gasteiger partial charge in [0.05, 0.1) is 4.88 Å². The second-order valence-electron chi connectivity index (χ2n) is 4.72. The van der Waals surface area contributed by atoms with E-state index < -0.39 is 0 Å². The van der Waals surface area contributed by atoms with Crippen molar-refractivity contribution >= 4 is 29.0 Å². The van der Waals surface area contributed by atoms with Gasteiger partial charge in [0.1, 0.15) is 0 Å². The molecule has 1 aromatic heterocycles. The van der Waals surface area contributed by atoms with Crippen LogP contribution in [0.3, 0.4) is 0 Å². The fourth-order valence-electron chi connectivity index (χ4n) is 1.86. The Bertz CT molecular complexity index is 635. The van der Waals surface area contributed by atoms with E-state index in [-0.39, 0.29) is 5.91 Å². The number of carbonyl (C=O) groups is 1. The SMILES string of the molecule is Cc1ccc(C)c(SCc2cc(C(=O)NN)sc2C)c1. The Kier molecular flexibility index (Phi) is 4.86. The molecule has 5 heteroatoms. The van der Waals surface area contributed by atoms with Crippen LogP contribution in [-0.2, 0) is 5.75 Å². The van der Waals surface area contributed by atoms with E-state index in [1.807, 2.05) is 13.0 Å². The summed E-state index contributed by atoms with van der Waals surface area (Å²) < 4.78 is 0. The van der Waals surface area contributed by atoms with Gasteiger partial charge >= 0.3 is 0 Å². The summed E-state index contributed by atoms with van der Waals surface area (Å²) in [6.45, 7) is 6.26. The smallest absolute Gasteiger partial charge is 0.275 e. The third-order valence-electron chi connectivity index (χ3n) is 3.10. The average Bonchev–Trinajstić information content (AvgIpc) is 2.80. The van der Waals surface area contributed by atoms with Gasteiger partial charge in [-0.2, -0.15) is 0 Å². The molecular weight excluding hydrogens is 288 g/mol. The minimum absolute atomic E-state index is 0.221. The first-order chi connectivity index (χ1) is 9.51. The van der Waals surface area contributed by atoms with Gasteiger partial charge in [-0.15, -0.1) is 23.1 Å². The Labute approximate surface area is 127 Å². The molecule has 0 aliphatic heterocycles. The summed E-state index contributed by atoms with van der Waals surface area (Å²) in [5.41, 5.74) is 5.92. The second-order valence-corrected chi connectivity index (χ2v) is 7.00.